The summed E-state index contributed by atoms with van der Waals surface area (Å²) in [5, 5.41) is 2.35. The Balaban J connectivity index is 2.20. The van der Waals surface area contributed by atoms with E-state index >= 15 is 0 Å². The molecule has 0 aliphatic rings. The highest BCUT2D eigenvalue weighted by Crippen LogP contribution is 2.18. The van der Waals surface area contributed by atoms with Crippen LogP contribution in [0.25, 0.3) is 0 Å². The van der Waals surface area contributed by atoms with E-state index in [0.29, 0.717) is 22.5 Å². The van der Waals surface area contributed by atoms with E-state index in [0.717, 1.165) is 5.56 Å². The normalized spacial score (nSPS) is 11.5. The van der Waals surface area contributed by atoms with E-state index in [2.05, 4.69) is 5.32 Å². The van der Waals surface area contributed by atoms with E-state index in [9.17, 15) is 13.2 Å². The molecule has 0 fully saturated rings. The van der Waals surface area contributed by atoms with Gasteiger partial charge in [0.05, 0.1) is 11.0 Å². The third-order valence-corrected chi connectivity index (χ3v) is 5.95. The van der Waals surface area contributed by atoms with Crippen LogP contribution in [0.2, 0.25) is 0 Å². The topological polar surface area (TPSA) is 89.3 Å². The van der Waals surface area contributed by atoms with Crippen molar-refractivity contribution in [3.63, 3.8) is 0 Å². The van der Waals surface area contributed by atoms with Gasteiger partial charge < -0.3 is 11.1 Å². The molecule has 2 aromatic rings. The van der Waals surface area contributed by atoms with Gasteiger partial charge in [0, 0.05) is 16.9 Å². The van der Waals surface area contributed by atoms with Gasteiger partial charge in [0.15, 0.2) is 9.84 Å². The number of nitrogens with one attached hydrogen (secondary N) is 1. The molecule has 0 saturated heterocycles. The lowest BCUT2D eigenvalue weighted by Crippen LogP contribution is -2.17. The number of anilines is 2. The molecule has 0 spiro atoms. The molecule has 0 bridgehead atoms. The number of amides is 1. The van der Waals surface area contributed by atoms with Crippen LogP contribution in [0.1, 0.15) is 35.3 Å². The molecule has 6 heteroatoms. The van der Waals surface area contributed by atoms with Crippen LogP contribution in [0.15, 0.2) is 42.5 Å². The SMILES string of the molecule is Cc1ccc(N)cc1C(=O)Nc1cccc(CS(=O)(=O)C(C)C)c1. The third-order valence-electron chi connectivity index (χ3n) is 3.78. The van der Waals surface area contributed by atoms with E-state index in [4.69, 9.17) is 5.73 Å². The standard InChI is InChI=1S/C18H22N2O3S/c1-12(2)24(22,23)11-14-5-4-6-16(9-14)20-18(21)17-10-15(19)8-7-13(17)3/h4-10,12H,11,19H2,1-3H3,(H,20,21). The van der Waals surface area contributed by atoms with Crippen LogP contribution >= 0.6 is 0 Å². The lowest BCUT2D eigenvalue weighted by Gasteiger charge is -2.11. The molecule has 0 saturated carbocycles. The van der Waals surface area contributed by atoms with Crippen LogP contribution in [-0.4, -0.2) is 19.6 Å². The highest BCUT2D eigenvalue weighted by Gasteiger charge is 2.17. The molecule has 0 aliphatic carbocycles. The molecular weight excluding hydrogens is 324 g/mol. The highest BCUT2D eigenvalue weighted by atomic mass is 32.2. The van der Waals surface area contributed by atoms with Crippen LogP contribution < -0.4 is 11.1 Å². The zero-order valence-corrected chi connectivity index (χ0v) is 14.9. The summed E-state index contributed by atoms with van der Waals surface area (Å²) in [4.78, 5) is 12.4. The first-order chi connectivity index (χ1) is 11.2. The van der Waals surface area contributed by atoms with Gasteiger partial charge in [0.1, 0.15) is 0 Å². The Kier molecular flexibility index (Phi) is 5.29. The summed E-state index contributed by atoms with van der Waals surface area (Å²) in [5.41, 5.74) is 8.76. The number of sulfone groups is 1. The van der Waals surface area contributed by atoms with Gasteiger partial charge in [-0.05, 0) is 56.2 Å². The number of nitrogen functional groups attached to an aromatic ring is 1. The number of hydrogen-bond donors (Lipinski definition) is 2. The monoisotopic (exact) mass is 346 g/mol. The molecule has 128 valence electrons. The molecule has 2 aromatic carbocycles. The van der Waals surface area contributed by atoms with Gasteiger partial charge in [0.25, 0.3) is 5.91 Å². The summed E-state index contributed by atoms with van der Waals surface area (Å²) < 4.78 is 24.1. The van der Waals surface area contributed by atoms with Crippen LogP contribution in [-0.2, 0) is 15.6 Å². The molecule has 0 aliphatic heterocycles. The highest BCUT2D eigenvalue weighted by molar-refractivity contribution is 7.91. The lowest BCUT2D eigenvalue weighted by molar-refractivity contribution is 0.102. The summed E-state index contributed by atoms with van der Waals surface area (Å²) in [6.07, 6.45) is 0. The predicted molar refractivity (Wildman–Crippen MR) is 97.7 cm³/mol. The van der Waals surface area contributed by atoms with Crippen molar-refractivity contribution >= 4 is 27.1 Å². The Morgan fingerprint density at radius 3 is 2.54 bits per heavy atom. The van der Waals surface area contributed by atoms with E-state index in [1.807, 2.05) is 6.92 Å². The van der Waals surface area contributed by atoms with Crippen LogP contribution in [0.3, 0.4) is 0 Å². The van der Waals surface area contributed by atoms with Crippen molar-refractivity contribution in [2.45, 2.75) is 31.8 Å². The zero-order valence-electron chi connectivity index (χ0n) is 14.0. The molecular formula is C18H22N2O3S. The average Bonchev–Trinajstić information content (AvgIpc) is 2.49. The lowest BCUT2D eigenvalue weighted by atomic mass is 10.1. The number of aryl methyl sites for hydroxylation is 1. The van der Waals surface area contributed by atoms with Gasteiger partial charge >= 0.3 is 0 Å². The van der Waals surface area contributed by atoms with Crippen LogP contribution in [0, 0.1) is 6.92 Å². The third kappa shape index (κ3) is 4.35. The Hall–Kier alpha value is -2.34. The Morgan fingerprint density at radius 1 is 1.17 bits per heavy atom. The maximum Gasteiger partial charge on any atom is 0.256 e. The summed E-state index contributed by atoms with van der Waals surface area (Å²) in [6, 6.07) is 12.0. The number of benzene rings is 2. The Morgan fingerprint density at radius 2 is 1.88 bits per heavy atom. The van der Waals surface area contributed by atoms with E-state index in [-0.39, 0.29) is 11.7 Å². The Bertz CT molecular complexity index is 858. The summed E-state index contributed by atoms with van der Waals surface area (Å²) >= 11 is 0. The molecule has 0 heterocycles. The van der Waals surface area contributed by atoms with Gasteiger partial charge in [-0.25, -0.2) is 8.42 Å². The smallest absolute Gasteiger partial charge is 0.256 e. The number of carbonyl (C=O) groups excluding carboxylic acids is 1. The van der Waals surface area contributed by atoms with Gasteiger partial charge in [-0.2, -0.15) is 0 Å². The molecule has 5 nitrogen and oxygen atoms in total. The quantitative estimate of drug-likeness (QED) is 0.814. The van der Waals surface area contributed by atoms with Crippen molar-refractivity contribution in [2.75, 3.05) is 11.1 Å². The second kappa shape index (κ2) is 7.05. The Labute approximate surface area is 142 Å². The van der Waals surface area contributed by atoms with Crippen molar-refractivity contribution < 1.29 is 13.2 Å². The van der Waals surface area contributed by atoms with E-state index in [1.165, 1.54) is 0 Å². The number of rotatable bonds is 5. The van der Waals surface area contributed by atoms with Crippen molar-refractivity contribution in [3.05, 3.63) is 59.2 Å². The fourth-order valence-corrected chi connectivity index (χ4v) is 3.20. The van der Waals surface area contributed by atoms with E-state index in [1.54, 1.807) is 56.3 Å². The van der Waals surface area contributed by atoms with E-state index < -0.39 is 15.1 Å². The second-order valence-electron chi connectivity index (χ2n) is 6.08. The number of nitrogens with two attached hydrogens (primary N) is 1. The molecule has 0 unspecified atom stereocenters. The molecule has 0 aromatic heterocycles. The molecule has 2 rings (SSSR count). The first kappa shape index (κ1) is 18.0. The van der Waals surface area contributed by atoms with Gasteiger partial charge in [0.2, 0.25) is 0 Å². The second-order valence-corrected chi connectivity index (χ2v) is 8.64. The number of carbonyl (C=O) groups is 1. The molecule has 1 amide bonds. The fourth-order valence-electron chi connectivity index (χ4n) is 2.22. The summed E-state index contributed by atoms with van der Waals surface area (Å²) in [7, 11) is -3.19. The average molecular weight is 346 g/mol. The molecule has 0 radical (unpaired) electrons. The maximum atomic E-state index is 12.4. The fraction of sp³-hybridized carbons (Fsp3) is 0.278. The van der Waals surface area contributed by atoms with Gasteiger partial charge in [-0.1, -0.05) is 18.2 Å². The number of hydrogen-bond acceptors (Lipinski definition) is 4. The minimum Gasteiger partial charge on any atom is -0.399 e. The summed E-state index contributed by atoms with van der Waals surface area (Å²) in [6.45, 7) is 5.15. The van der Waals surface area contributed by atoms with Gasteiger partial charge in [-0.15, -0.1) is 0 Å². The largest absolute Gasteiger partial charge is 0.399 e. The van der Waals surface area contributed by atoms with Crippen molar-refractivity contribution in [2.24, 2.45) is 0 Å². The molecule has 3 N–H and O–H groups in total. The first-order valence-electron chi connectivity index (χ1n) is 7.67. The maximum absolute atomic E-state index is 12.4. The van der Waals surface area contributed by atoms with Crippen molar-refractivity contribution in [1.29, 1.82) is 0 Å². The minimum atomic E-state index is -3.19. The van der Waals surface area contributed by atoms with Crippen molar-refractivity contribution in [1.82, 2.24) is 0 Å². The molecule has 0 atom stereocenters. The summed E-state index contributed by atoms with van der Waals surface area (Å²) in [5.74, 6) is -0.324. The van der Waals surface area contributed by atoms with Gasteiger partial charge in [-0.3, -0.25) is 4.79 Å². The van der Waals surface area contributed by atoms with Crippen LogP contribution in [0.5, 0.6) is 0 Å². The van der Waals surface area contributed by atoms with Crippen LogP contribution in [0.4, 0.5) is 11.4 Å². The zero-order chi connectivity index (χ0) is 17.9. The predicted octanol–water partition coefficient (Wildman–Crippen LogP) is 3.15. The van der Waals surface area contributed by atoms with Crippen molar-refractivity contribution in [3.8, 4) is 0 Å². The first-order valence-corrected chi connectivity index (χ1v) is 9.38. The molecule has 24 heavy (non-hydrogen) atoms. The minimum absolute atomic E-state index is 0.0499.